The molecule has 78 valence electrons. The third-order valence-corrected chi connectivity index (χ3v) is 2.56. The molecule has 0 bridgehead atoms. The Morgan fingerprint density at radius 2 is 1.67 bits per heavy atom. The summed E-state index contributed by atoms with van der Waals surface area (Å²) in [6.45, 7) is 3.81. The summed E-state index contributed by atoms with van der Waals surface area (Å²) in [5.74, 6) is -1.20. The number of aliphatic hydroxyl groups excluding tert-OH is 1. The van der Waals surface area contributed by atoms with Gasteiger partial charge < -0.3 is 5.11 Å². The summed E-state index contributed by atoms with van der Waals surface area (Å²) >= 11 is 0. The number of Topliss-reactive ketones (excluding diaryl/α,β-unsaturated/α-hetero) is 2. The van der Waals surface area contributed by atoms with Crippen molar-refractivity contribution in [2.45, 2.75) is 26.0 Å². The molecule has 0 radical (unpaired) electrons. The van der Waals surface area contributed by atoms with Crippen LogP contribution in [0.5, 0.6) is 0 Å². The normalized spacial score (nSPS) is 25.3. The van der Waals surface area contributed by atoms with Crippen LogP contribution in [-0.2, 0) is 9.59 Å². The topological polar surface area (TPSA) is 58.2 Å². The molecule has 4 nitrogen and oxygen atoms in total. The molecule has 15 heavy (non-hydrogen) atoms. The van der Waals surface area contributed by atoms with Gasteiger partial charge >= 0.3 is 0 Å². The lowest BCUT2D eigenvalue weighted by atomic mass is 9.85. The average molecular weight is 206 g/mol. The van der Waals surface area contributed by atoms with E-state index in [0.29, 0.717) is 0 Å². The molecule has 1 aliphatic rings. The van der Waals surface area contributed by atoms with Crippen molar-refractivity contribution in [2.75, 3.05) is 0 Å². The molecule has 2 atom stereocenters. The highest BCUT2D eigenvalue weighted by Crippen LogP contribution is 2.20. The summed E-state index contributed by atoms with van der Waals surface area (Å²) in [6.07, 6.45) is 2.33. The second-order valence-corrected chi connectivity index (χ2v) is 3.96. The molecule has 0 spiro atoms. The van der Waals surface area contributed by atoms with Gasteiger partial charge in [0.05, 0.1) is 0 Å². The number of nitrogens with zero attached hydrogens (tertiary/aromatic N) is 1. The molecule has 2 unspecified atom stereocenters. The van der Waals surface area contributed by atoms with Gasteiger partial charge in [-0.1, -0.05) is 0 Å². The fourth-order valence-electron chi connectivity index (χ4n) is 1.88. The Morgan fingerprint density at radius 3 is 2.13 bits per heavy atom. The predicted octanol–water partition coefficient (Wildman–Crippen LogP) is -0.355. The fourth-order valence-corrected chi connectivity index (χ4v) is 1.88. The maximum absolute atomic E-state index is 11.3. The van der Waals surface area contributed by atoms with Crippen molar-refractivity contribution in [1.82, 2.24) is 0 Å². The molecule has 0 amide bonds. The summed E-state index contributed by atoms with van der Waals surface area (Å²) in [6, 6.07) is 1.24. The first-order chi connectivity index (χ1) is 7.00. The van der Waals surface area contributed by atoms with Crippen molar-refractivity contribution in [3.8, 4) is 0 Å². The summed E-state index contributed by atoms with van der Waals surface area (Å²) in [5, 5.41) is 9.39. The number of aryl methyl sites for hydroxylation is 2. The lowest BCUT2D eigenvalue weighted by molar-refractivity contribution is -0.717. The molecule has 4 heteroatoms. The number of rotatable bonds is 1. The number of hydrogen-bond acceptors (Lipinski definition) is 3. The second kappa shape index (κ2) is 3.24. The monoisotopic (exact) mass is 206 g/mol. The zero-order valence-electron chi connectivity index (χ0n) is 8.60. The smallest absolute Gasteiger partial charge is 0.272 e. The highest BCUT2D eigenvalue weighted by atomic mass is 16.3. The molecule has 1 heterocycles. The lowest BCUT2D eigenvalue weighted by Crippen LogP contribution is -2.64. The van der Waals surface area contributed by atoms with Gasteiger partial charge in [0.2, 0.25) is 5.78 Å². The van der Waals surface area contributed by atoms with Gasteiger partial charge in [-0.25, -0.2) is 0 Å². The predicted molar refractivity (Wildman–Crippen MR) is 51.2 cm³/mol. The Morgan fingerprint density at radius 1 is 1.13 bits per heavy atom. The minimum Gasteiger partial charge on any atom is -0.378 e. The molecule has 1 N–H and O–H groups in total. The molecule has 1 aliphatic carbocycles. The van der Waals surface area contributed by atoms with Crippen LogP contribution >= 0.6 is 0 Å². The van der Waals surface area contributed by atoms with E-state index in [1.54, 1.807) is 17.0 Å². The van der Waals surface area contributed by atoms with E-state index in [-0.39, 0.29) is 0 Å². The maximum Gasteiger partial charge on any atom is 0.272 e. The fraction of sp³-hybridized carbons (Fsp3) is 0.364. The highest BCUT2D eigenvalue weighted by molar-refractivity contribution is 6.47. The van der Waals surface area contributed by atoms with Crippen molar-refractivity contribution in [1.29, 1.82) is 0 Å². The van der Waals surface area contributed by atoms with Crippen LogP contribution in [0.3, 0.4) is 0 Å². The van der Waals surface area contributed by atoms with Crippen LogP contribution in [0.4, 0.5) is 0 Å². The van der Waals surface area contributed by atoms with E-state index in [1.807, 2.05) is 19.9 Å². The summed E-state index contributed by atoms with van der Waals surface area (Å²) in [7, 11) is 0. The van der Waals surface area contributed by atoms with Crippen LogP contribution in [0.25, 0.3) is 0 Å². The van der Waals surface area contributed by atoms with Crippen molar-refractivity contribution < 1.29 is 19.3 Å². The molecule has 2 rings (SSSR count). The molecular weight excluding hydrogens is 194 g/mol. The first kappa shape index (κ1) is 9.98. The summed E-state index contributed by atoms with van der Waals surface area (Å²) in [5.41, 5.74) is 1.99. The number of ketones is 2. The van der Waals surface area contributed by atoms with Crippen LogP contribution in [-0.4, -0.2) is 22.8 Å². The number of carbonyl (C=O) groups excluding carboxylic acids is 2. The van der Waals surface area contributed by atoms with Crippen LogP contribution in [0.15, 0.2) is 18.5 Å². The standard InChI is InChI=1S/C11H12NO3/c1-6-3-7(2)5-12(4-6)8-9(13)11(15)10(8)14/h3-5,8-9,13H,1-2H3/q+1. The molecule has 0 aromatic carbocycles. The van der Waals surface area contributed by atoms with Crippen molar-refractivity contribution >= 4 is 11.6 Å². The van der Waals surface area contributed by atoms with Gasteiger partial charge in [-0.2, -0.15) is 4.57 Å². The second-order valence-electron chi connectivity index (χ2n) is 3.96. The molecular formula is C11H12NO3+. The minimum absolute atomic E-state index is 0.516. The first-order valence-corrected chi connectivity index (χ1v) is 4.76. The Balaban J connectivity index is 2.39. The van der Waals surface area contributed by atoms with Gasteiger partial charge in [0, 0.05) is 11.1 Å². The van der Waals surface area contributed by atoms with Crippen molar-refractivity contribution in [2.24, 2.45) is 0 Å². The molecule has 1 saturated carbocycles. The highest BCUT2D eigenvalue weighted by Gasteiger charge is 2.55. The zero-order chi connectivity index (χ0) is 11.2. The van der Waals surface area contributed by atoms with E-state index in [0.717, 1.165) is 11.1 Å². The van der Waals surface area contributed by atoms with Gasteiger partial charge in [0.25, 0.3) is 11.8 Å². The van der Waals surface area contributed by atoms with Gasteiger partial charge in [0.1, 0.15) is 0 Å². The van der Waals surface area contributed by atoms with E-state index in [9.17, 15) is 14.7 Å². The van der Waals surface area contributed by atoms with Crippen molar-refractivity contribution in [3.63, 3.8) is 0 Å². The van der Waals surface area contributed by atoms with Crippen LogP contribution < -0.4 is 4.57 Å². The van der Waals surface area contributed by atoms with Crippen LogP contribution in [0.1, 0.15) is 17.2 Å². The summed E-state index contributed by atoms with van der Waals surface area (Å²) < 4.78 is 1.61. The lowest BCUT2D eigenvalue weighted by Gasteiger charge is -2.23. The van der Waals surface area contributed by atoms with Gasteiger partial charge in [-0.15, -0.1) is 0 Å². The van der Waals surface area contributed by atoms with E-state index < -0.39 is 23.7 Å². The Kier molecular flexibility index (Phi) is 2.16. The van der Waals surface area contributed by atoms with E-state index in [4.69, 9.17) is 0 Å². The first-order valence-electron chi connectivity index (χ1n) is 4.76. The molecule has 1 aromatic rings. The molecule has 0 aliphatic heterocycles. The van der Waals surface area contributed by atoms with Crippen molar-refractivity contribution in [3.05, 3.63) is 29.6 Å². The quantitative estimate of drug-likeness (QED) is 0.504. The zero-order valence-corrected chi connectivity index (χ0v) is 8.60. The third-order valence-electron chi connectivity index (χ3n) is 2.56. The SMILES string of the molecule is Cc1cc(C)c[n+](C2C(=O)C(=O)C2O)c1. The Labute approximate surface area is 87.2 Å². The van der Waals surface area contributed by atoms with E-state index >= 15 is 0 Å². The minimum atomic E-state index is -1.18. The van der Waals surface area contributed by atoms with Gasteiger partial charge in [0.15, 0.2) is 18.5 Å². The molecule has 0 saturated heterocycles. The largest absolute Gasteiger partial charge is 0.378 e. The third kappa shape index (κ3) is 1.47. The van der Waals surface area contributed by atoms with Gasteiger partial charge in [-0.05, 0) is 19.9 Å². The average Bonchev–Trinajstić information content (AvgIpc) is 2.16. The van der Waals surface area contributed by atoms with Gasteiger partial charge in [-0.3, -0.25) is 9.59 Å². The summed E-state index contributed by atoms with van der Waals surface area (Å²) in [4.78, 5) is 22.2. The number of hydrogen-bond donors (Lipinski definition) is 1. The molecule has 1 fully saturated rings. The molecule has 1 aromatic heterocycles. The number of pyridine rings is 1. The number of aromatic nitrogens is 1. The van der Waals surface area contributed by atoms with E-state index in [2.05, 4.69) is 0 Å². The number of aliphatic hydroxyl groups is 1. The van der Waals surface area contributed by atoms with Crippen LogP contribution in [0.2, 0.25) is 0 Å². The Hall–Kier alpha value is -1.55. The van der Waals surface area contributed by atoms with Crippen LogP contribution in [0, 0.1) is 13.8 Å². The Bertz CT molecular complexity index is 433. The maximum atomic E-state index is 11.3. The van der Waals surface area contributed by atoms with E-state index in [1.165, 1.54) is 0 Å². The number of carbonyl (C=O) groups is 2.